The maximum Gasteiger partial charge on any atom is 0.416 e. The Labute approximate surface area is 189 Å². The fourth-order valence-electron chi connectivity index (χ4n) is 4.10. The van der Waals surface area contributed by atoms with E-state index in [0.717, 1.165) is 35.4 Å². The summed E-state index contributed by atoms with van der Waals surface area (Å²) in [7, 11) is -2.48. The Balaban J connectivity index is 1.80. The SMILES string of the molecule is CN1C[C@@H](c2ccccc2)C(c2ccc(Cl)cc2)N1S(=O)(=O)c1ccc(C(F)(F)F)cc1. The number of likely N-dealkylation sites (N-methyl/N-ethyl adjacent to an activating group) is 1. The molecule has 4 rings (SSSR count). The average molecular weight is 481 g/mol. The molecular weight excluding hydrogens is 461 g/mol. The molecule has 0 radical (unpaired) electrons. The van der Waals surface area contributed by atoms with Gasteiger partial charge in [0.2, 0.25) is 0 Å². The van der Waals surface area contributed by atoms with Gasteiger partial charge in [0, 0.05) is 24.5 Å². The van der Waals surface area contributed by atoms with Gasteiger partial charge in [-0.05, 0) is 47.5 Å². The molecule has 32 heavy (non-hydrogen) atoms. The number of hydrogen-bond acceptors (Lipinski definition) is 3. The lowest BCUT2D eigenvalue weighted by Crippen LogP contribution is -2.40. The number of alkyl halides is 3. The minimum Gasteiger partial charge on any atom is -0.230 e. The van der Waals surface area contributed by atoms with Gasteiger partial charge in [-0.15, -0.1) is 4.41 Å². The van der Waals surface area contributed by atoms with Crippen LogP contribution in [0.5, 0.6) is 0 Å². The smallest absolute Gasteiger partial charge is 0.230 e. The first-order valence-electron chi connectivity index (χ1n) is 9.82. The minimum absolute atomic E-state index is 0.188. The highest BCUT2D eigenvalue weighted by molar-refractivity contribution is 7.89. The first-order valence-corrected chi connectivity index (χ1v) is 11.6. The van der Waals surface area contributed by atoms with Gasteiger partial charge in [0.25, 0.3) is 10.0 Å². The van der Waals surface area contributed by atoms with E-state index in [4.69, 9.17) is 11.6 Å². The van der Waals surface area contributed by atoms with Crippen LogP contribution in [0.15, 0.2) is 83.8 Å². The second-order valence-corrected chi connectivity index (χ2v) is 9.89. The van der Waals surface area contributed by atoms with Crippen molar-refractivity contribution in [2.24, 2.45) is 0 Å². The Kier molecular flexibility index (Phi) is 6.06. The standard InChI is InChI=1S/C23H20ClF3N2O2S/c1-28-15-21(16-5-3-2-4-6-16)22(17-7-11-19(24)12-8-17)29(28)32(30,31)20-13-9-18(10-14-20)23(25,26)27/h2-14,21-22H,15H2,1H3/t21-,22?/m0/s1. The zero-order chi connectivity index (χ0) is 23.1. The quantitative estimate of drug-likeness (QED) is 0.478. The van der Waals surface area contributed by atoms with Crippen molar-refractivity contribution >= 4 is 21.6 Å². The summed E-state index contributed by atoms with van der Waals surface area (Å²) >= 11 is 6.04. The predicted octanol–water partition coefficient (Wildman–Crippen LogP) is 5.74. The maximum absolute atomic E-state index is 13.6. The van der Waals surface area contributed by atoms with Gasteiger partial charge in [0.1, 0.15) is 0 Å². The number of sulfonamides is 1. The lowest BCUT2D eigenvalue weighted by molar-refractivity contribution is -0.137. The van der Waals surface area contributed by atoms with Crippen molar-refractivity contribution in [2.45, 2.75) is 23.0 Å². The summed E-state index contributed by atoms with van der Waals surface area (Å²) in [6.07, 6.45) is -4.54. The number of rotatable bonds is 4. The van der Waals surface area contributed by atoms with Crippen LogP contribution in [0.1, 0.15) is 28.7 Å². The van der Waals surface area contributed by atoms with Crippen LogP contribution >= 0.6 is 11.6 Å². The van der Waals surface area contributed by atoms with Crippen LogP contribution in [0.3, 0.4) is 0 Å². The zero-order valence-electron chi connectivity index (χ0n) is 17.0. The van der Waals surface area contributed by atoms with Gasteiger partial charge in [-0.1, -0.05) is 54.1 Å². The normalized spacial score (nSPS) is 20.5. The van der Waals surface area contributed by atoms with E-state index in [1.807, 2.05) is 30.3 Å². The van der Waals surface area contributed by atoms with Crippen LogP contribution in [-0.2, 0) is 16.2 Å². The molecule has 0 spiro atoms. The van der Waals surface area contributed by atoms with Gasteiger partial charge in [0.15, 0.2) is 0 Å². The largest absolute Gasteiger partial charge is 0.416 e. The molecule has 0 aliphatic carbocycles. The van der Waals surface area contributed by atoms with E-state index in [-0.39, 0.29) is 10.8 Å². The third kappa shape index (κ3) is 4.28. The Morgan fingerprint density at radius 2 is 1.47 bits per heavy atom. The monoisotopic (exact) mass is 480 g/mol. The summed E-state index contributed by atoms with van der Waals surface area (Å²) in [6.45, 7) is 0.414. The molecule has 0 bridgehead atoms. The molecule has 1 heterocycles. The Hall–Kier alpha value is -2.39. The van der Waals surface area contributed by atoms with Crippen molar-refractivity contribution < 1.29 is 21.6 Å². The van der Waals surface area contributed by atoms with Gasteiger partial charge < -0.3 is 0 Å². The van der Waals surface area contributed by atoms with Gasteiger partial charge in [0.05, 0.1) is 16.5 Å². The van der Waals surface area contributed by atoms with Gasteiger partial charge in [-0.3, -0.25) is 0 Å². The highest BCUT2D eigenvalue weighted by Crippen LogP contribution is 2.45. The molecule has 0 N–H and O–H groups in total. The fourth-order valence-corrected chi connectivity index (χ4v) is 5.92. The number of nitrogens with zero attached hydrogens (tertiary/aromatic N) is 2. The average Bonchev–Trinajstić information content (AvgIpc) is 3.12. The van der Waals surface area contributed by atoms with Crippen LogP contribution in [0, 0.1) is 0 Å². The second kappa shape index (κ2) is 8.51. The van der Waals surface area contributed by atoms with E-state index in [1.54, 1.807) is 36.3 Å². The molecular formula is C23H20ClF3N2O2S. The highest BCUT2D eigenvalue weighted by Gasteiger charge is 2.47. The Morgan fingerprint density at radius 1 is 0.875 bits per heavy atom. The molecule has 168 valence electrons. The van der Waals surface area contributed by atoms with Crippen molar-refractivity contribution in [3.05, 3.63) is 101 Å². The summed E-state index contributed by atoms with van der Waals surface area (Å²) in [5, 5.41) is 2.12. The molecule has 1 saturated heterocycles. The molecule has 1 fully saturated rings. The molecule has 1 unspecified atom stereocenters. The maximum atomic E-state index is 13.6. The van der Waals surface area contributed by atoms with Crippen LogP contribution in [-0.4, -0.2) is 31.4 Å². The van der Waals surface area contributed by atoms with Crippen molar-refractivity contribution in [1.29, 1.82) is 0 Å². The second-order valence-electron chi connectivity index (χ2n) is 7.65. The molecule has 0 amide bonds. The van der Waals surface area contributed by atoms with Crippen LogP contribution in [0.25, 0.3) is 0 Å². The summed E-state index contributed by atoms with van der Waals surface area (Å²) < 4.78 is 67.3. The predicted molar refractivity (Wildman–Crippen MR) is 116 cm³/mol. The molecule has 4 nitrogen and oxygen atoms in total. The number of hydrazine groups is 1. The van der Waals surface area contributed by atoms with Gasteiger partial charge >= 0.3 is 6.18 Å². The molecule has 9 heteroatoms. The molecule has 1 aliphatic rings. The number of hydrogen-bond donors (Lipinski definition) is 0. The summed E-state index contributed by atoms with van der Waals surface area (Å²) in [6, 6.07) is 19.5. The Bertz CT molecular complexity index is 1180. The topological polar surface area (TPSA) is 40.6 Å². The summed E-state index contributed by atoms with van der Waals surface area (Å²) in [5.74, 6) is -0.188. The molecule has 1 aliphatic heterocycles. The van der Waals surface area contributed by atoms with E-state index < -0.39 is 27.8 Å². The highest BCUT2D eigenvalue weighted by atomic mass is 35.5. The van der Waals surface area contributed by atoms with E-state index in [9.17, 15) is 21.6 Å². The zero-order valence-corrected chi connectivity index (χ0v) is 18.6. The van der Waals surface area contributed by atoms with E-state index >= 15 is 0 Å². The van der Waals surface area contributed by atoms with E-state index in [1.165, 1.54) is 4.41 Å². The summed E-state index contributed by atoms with van der Waals surface area (Å²) in [4.78, 5) is -0.204. The third-order valence-corrected chi connectivity index (χ3v) is 7.70. The third-order valence-electron chi connectivity index (χ3n) is 5.58. The minimum atomic E-state index is -4.54. The van der Waals surface area contributed by atoms with Crippen LogP contribution in [0.2, 0.25) is 5.02 Å². The van der Waals surface area contributed by atoms with Crippen molar-refractivity contribution in [3.63, 3.8) is 0 Å². The van der Waals surface area contributed by atoms with Gasteiger partial charge in [-0.25, -0.2) is 13.4 Å². The van der Waals surface area contributed by atoms with Crippen molar-refractivity contribution in [2.75, 3.05) is 13.6 Å². The van der Waals surface area contributed by atoms with Gasteiger partial charge in [-0.2, -0.15) is 13.2 Å². The van der Waals surface area contributed by atoms with Crippen molar-refractivity contribution in [1.82, 2.24) is 9.42 Å². The first-order chi connectivity index (χ1) is 15.1. The Morgan fingerprint density at radius 3 is 2.03 bits per heavy atom. The van der Waals surface area contributed by atoms with Crippen LogP contribution < -0.4 is 0 Å². The molecule has 3 aromatic carbocycles. The van der Waals surface area contributed by atoms with E-state index in [0.29, 0.717) is 11.6 Å². The van der Waals surface area contributed by atoms with E-state index in [2.05, 4.69) is 0 Å². The molecule has 0 saturated carbocycles. The number of halogens is 4. The lowest BCUT2D eigenvalue weighted by atomic mass is 9.89. The molecule has 0 aromatic heterocycles. The van der Waals surface area contributed by atoms with Crippen LogP contribution in [0.4, 0.5) is 13.2 Å². The van der Waals surface area contributed by atoms with Crippen molar-refractivity contribution in [3.8, 4) is 0 Å². The first kappa shape index (κ1) is 22.8. The fraction of sp³-hybridized carbons (Fsp3) is 0.217. The lowest BCUT2D eigenvalue weighted by Gasteiger charge is -2.30. The molecule has 2 atom stereocenters. The summed E-state index contributed by atoms with van der Waals surface area (Å²) in [5.41, 5.74) is 0.801. The number of benzene rings is 3. The molecule has 3 aromatic rings.